The van der Waals surface area contributed by atoms with Crippen molar-refractivity contribution < 1.29 is 9.53 Å². The molecule has 3 heterocycles. The van der Waals surface area contributed by atoms with Gasteiger partial charge < -0.3 is 14.2 Å². The van der Waals surface area contributed by atoms with Gasteiger partial charge in [0.05, 0.1) is 0 Å². The first kappa shape index (κ1) is 21.3. The first-order valence-electron chi connectivity index (χ1n) is 11.5. The van der Waals surface area contributed by atoms with Crippen molar-refractivity contribution in [3.05, 3.63) is 94.4 Å². The highest BCUT2D eigenvalue weighted by atomic mass is 16.6. The van der Waals surface area contributed by atoms with Crippen LogP contribution in [0.2, 0.25) is 0 Å². The Balaban J connectivity index is 1.87. The van der Waals surface area contributed by atoms with E-state index in [-0.39, 0.29) is 5.97 Å². The molecule has 5 heteroatoms. The van der Waals surface area contributed by atoms with Crippen molar-refractivity contribution in [2.45, 2.75) is 33.3 Å². The van der Waals surface area contributed by atoms with Crippen LogP contribution in [-0.4, -0.2) is 28.6 Å². The number of nitrogens with zero attached hydrogens (tertiary/aromatic N) is 3. The molecule has 5 rings (SSSR count). The molecule has 1 aliphatic heterocycles. The maximum atomic E-state index is 13.2. The lowest BCUT2D eigenvalue weighted by Crippen LogP contribution is -2.31. The number of fused-ring (bicyclic) bond motifs is 2. The molecule has 1 unspecified atom stereocenters. The number of carbonyl (C=O) groups is 1. The van der Waals surface area contributed by atoms with E-state index < -0.39 is 5.60 Å². The van der Waals surface area contributed by atoms with Gasteiger partial charge in [-0.1, -0.05) is 30.3 Å². The predicted octanol–water partition coefficient (Wildman–Crippen LogP) is 5.50. The van der Waals surface area contributed by atoms with Gasteiger partial charge in [-0.15, -0.1) is 0 Å². The molecule has 2 aromatic carbocycles. The highest BCUT2D eigenvalue weighted by Gasteiger charge is 2.52. The number of aryl methyl sites for hydroxylation is 2. The van der Waals surface area contributed by atoms with Crippen molar-refractivity contribution in [1.82, 2.24) is 9.55 Å². The van der Waals surface area contributed by atoms with Crippen LogP contribution < -0.4 is 4.90 Å². The fourth-order valence-corrected chi connectivity index (χ4v) is 5.41. The molecule has 0 aliphatic carbocycles. The van der Waals surface area contributed by atoms with Gasteiger partial charge in [0, 0.05) is 65.3 Å². The number of hydrogen-bond donors (Lipinski definition) is 0. The minimum Gasteiger partial charge on any atom is -0.439 e. The number of anilines is 1. The Kier molecular flexibility index (Phi) is 5.00. The van der Waals surface area contributed by atoms with Crippen molar-refractivity contribution in [3.8, 4) is 0 Å². The van der Waals surface area contributed by atoms with E-state index in [1.54, 1.807) is 6.20 Å². The number of esters is 1. The van der Waals surface area contributed by atoms with Crippen LogP contribution in [-0.2, 0) is 17.4 Å². The summed E-state index contributed by atoms with van der Waals surface area (Å²) >= 11 is 0. The maximum absolute atomic E-state index is 13.2. The lowest BCUT2D eigenvalue weighted by molar-refractivity contribution is 0.0249. The van der Waals surface area contributed by atoms with Crippen LogP contribution in [0.5, 0.6) is 0 Å². The minimum atomic E-state index is -1.06. The molecule has 0 saturated heterocycles. The summed E-state index contributed by atoms with van der Waals surface area (Å²) in [5, 5.41) is 1.08. The van der Waals surface area contributed by atoms with Gasteiger partial charge in [0.2, 0.25) is 0 Å². The van der Waals surface area contributed by atoms with Crippen molar-refractivity contribution in [1.29, 1.82) is 0 Å². The monoisotopic (exact) mass is 439 g/mol. The van der Waals surface area contributed by atoms with Crippen LogP contribution in [0, 0.1) is 13.8 Å². The molecular weight excluding hydrogens is 410 g/mol. The number of benzene rings is 2. The van der Waals surface area contributed by atoms with Gasteiger partial charge >= 0.3 is 5.97 Å². The molecule has 0 bridgehead atoms. The van der Waals surface area contributed by atoms with Crippen molar-refractivity contribution in [2.24, 2.45) is 7.05 Å². The molecule has 33 heavy (non-hydrogen) atoms. The van der Waals surface area contributed by atoms with Crippen LogP contribution in [0.4, 0.5) is 5.69 Å². The summed E-state index contributed by atoms with van der Waals surface area (Å²) in [6.45, 7) is 10.4. The molecule has 0 radical (unpaired) electrons. The van der Waals surface area contributed by atoms with E-state index in [0.717, 1.165) is 51.9 Å². The Morgan fingerprint density at radius 3 is 2.48 bits per heavy atom. The number of hydrogen-bond acceptors (Lipinski definition) is 4. The molecule has 2 aromatic heterocycles. The Labute approximate surface area is 194 Å². The molecule has 4 aromatic rings. The van der Waals surface area contributed by atoms with E-state index in [4.69, 9.17) is 4.74 Å². The number of para-hydroxylation sites is 1. The predicted molar refractivity (Wildman–Crippen MR) is 132 cm³/mol. The average Bonchev–Trinajstić information content (AvgIpc) is 3.26. The second-order valence-electron chi connectivity index (χ2n) is 8.68. The van der Waals surface area contributed by atoms with Crippen LogP contribution in [0.25, 0.3) is 10.9 Å². The lowest BCUT2D eigenvalue weighted by atomic mass is 9.77. The van der Waals surface area contributed by atoms with Gasteiger partial charge in [-0.2, -0.15) is 0 Å². The fourth-order valence-electron chi connectivity index (χ4n) is 5.41. The summed E-state index contributed by atoms with van der Waals surface area (Å²) in [6, 6.07) is 18.6. The molecule has 0 amide bonds. The van der Waals surface area contributed by atoms with Gasteiger partial charge in [-0.3, -0.25) is 0 Å². The van der Waals surface area contributed by atoms with E-state index in [2.05, 4.69) is 79.5 Å². The smallest absolute Gasteiger partial charge is 0.358 e. The van der Waals surface area contributed by atoms with Crippen molar-refractivity contribution in [3.63, 3.8) is 0 Å². The quantitative estimate of drug-likeness (QED) is 0.385. The normalized spacial score (nSPS) is 17.3. The van der Waals surface area contributed by atoms with E-state index in [9.17, 15) is 4.79 Å². The zero-order valence-electron chi connectivity index (χ0n) is 19.8. The molecule has 168 valence electrons. The third-order valence-electron chi connectivity index (χ3n) is 7.10. The first-order valence-corrected chi connectivity index (χ1v) is 11.5. The number of pyridine rings is 1. The van der Waals surface area contributed by atoms with E-state index in [1.165, 1.54) is 5.69 Å². The molecular formula is C28H29N3O2. The second-order valence-corrected chi connectivity index (χ2v) is 8.68. The standard InChI is InChI=1S/C28H29N3O2/c1-6-31(7-2)20-14-15-22(18(3)17-20)28(23-12-10-16-29-26(23)27(32)33-28)25-19(4)30(5)24-13-9-8-11-21(24)25/h8-17H,6-7H2,1-5H3. The first-order chi connectivity index (χ1) is 15.9. The summed E-state index contributed by atoms with van der Waals surface area (Å²) in [7, 11) is 2.06. The zero-order chi connectivity index (χ0) is 23.3. The largest absolute Gasteiger partial charge is 0.439 e. The highest BCUT2D eigenvalue weighted by molar-refractivity contribution is 5.97. The van der Waals surface area contributed by atoms with Gasteiger partial charge in [0.1, 0.15) is 0 Å². The lowest BCUT2D eigenvalue weighted by Gasteiger charge is -2.33. The van der Waals surface area contributed by atoms with Crippen LogP contribution >= 0.6 is 0 Å². The minimum absolute atomic E-state index is 0.384. The SMILES string of the molecule is CCN(CC)c1ccc(C2(c3c(C)n(C)c4ccccc34)OC(=O)c3ncccc32)c(C)c1. The van der Waals surface area contributed by atoms with Gasteiger partial charge in [-0.05, 0) is 57.5 Å². The van der Waals surface area contributed by atoms with E-state index >= 15 is 0 Å². The second kappa shape index (κ2) is 7.77. The Morgan fingerprint density at radius 1 is 1.00 bits per heavy atom. The van der Waals surface area contributed by atoms with Gasteiger partial charge in [0.15, 0.2) is 11.3 Å². The summed E-state index contributed by atoms with van der Waals surface area (Å²) < 4.78 is 8.57. The average molecular weight is 440 g/mol. The number of carbonyl (C=O) groups excluding carboxylic acids is 1. The van der Waals surface area contributed by atoms with E-state index in [1.807, 2.05) is 24.3 Å². The summed E-state index contributed by atoms with van der Waals surface area (Å²) in [5.41, 5.74) is 6.51. The Bertz CT molecular complexity index is 1380. The third-order valence-corrected chi connectivity index (χ3v) is 7.10. The molecule has 0 N–H and O–H groups in total. The molecule has 1 atom stereocenters. The number of rotatable bonds is 5. The van der Waals surface area contributed by atoms with Crippen molar-refractivity contribution in [2.75, 3.05) is 18.0 Å². The maximum Gasteiger partial charge on any atom is 0.358 e. The molecule has 0 saturated carbocycles. The molecule has 0 fully saturated rings. The molecule has 5 nitrogen and oxygen atoms in total. The van der Waals surface area contributed by atoms with Crippen LogP contribution in [0.15, 0.2) is 60.8 Å². The third kappa shape index (κ3) is 2.92. The van der Waals surface area contributed by atoms with Crippen LogP contribution in [0.3, 0.4) is 0 Å². The molecule has 0 spiro atoms. The number of aromatic nitrogens is 2. The number of ether oxygens (including phenoxy) is 1. The summed E-state index contributed by atoms with van der Waals surface area (Å²) in [6.07, 6.45) is 1.66. The van der Waals surface area contributed by atoms with Gasteiger partial charge in [-0.25, -0.2) is 9.78 Å². The Morgan fingerprint density at radius 2 is 1.76 bits per heavy atom. The zero-order valence-corrected chi connectivity index (χ0v) is 19.8. The highest BCUT2D eigenvalue weighted by Crippen LogP contribution is 2.51. The van der Waals surface area contributed by atoms with Crippen LogP contribution in [0.1, 0.15) is 52.3 Å². The van der Waals surface area contributed by atoms with Crippen molar-refractivity contribution >= 4 is 22.6 Å². The van der Waals surface area contributed by atoms with Gasteiger partial charge in [0.25, 0.3) is 0 Å². The summed E-state index contributed by atoms with van der Waals surface area (Å²) in [4.78, 5) is 19.9. The Hall–Kier alpha value is -3.60. The molecule has 1 aliphatic rings. The topological polar surface area (TPSA) is 47.4 Å². The summed E-state index contributed by atoms with van der Waals surface area (Å²) in [5.74, 6) is -0.384. The van der Waals surface area contributed by atoms with E-state index in [0.29, 0.717) is 5.69 Å². The fraction of sp³-hybridized carbons (Fsp3) is 0.286. The number of cyclic esters (lactones) is 1.